The summed E-state index contributed by atoms with van der Waals surface area (Å²) < 4.78 is 5.35. The summed E-state index contributed by atoms with van der Waals surface area (Å²) >= 11 is 0. The van der Waals surface area contributed by atoms with E-state index in [0.29, 0.717) is 11.1 Å². The van der Waals surface area contributed by atoms with Gasteiger partial charge in [-0.25, -0.2) is 4.79 Å². The van der Waals surface area contributed by atoms with E-state index in [2.05, 4.69) is 29.3 Å². The normalized spacial score (nSPS) is 11.8. The Morgan fingerprint density at radius 3 is 2.38 bits per heavy atom. The molecule has 1 heterocycles. The first kappa shape index (κ1) is 17.2. The Labute approximate surface area is 166 Å². The Kier molecular flexibility index (Phi) is 3.91. The molecule has 0 aliphatic heterocycles. The molecule has 4 heteroatoms. The second-order valence-corrected chi connectivity index (χ2v) is 7.11. The first-order valence-corrected chi connectivity index (χ1v) is 9.31. The molecule has 1 aromatic heterocycles. The number of hydrogen-bond donors (Lipinski definition) is 1. The van der Waals surface area contributed by atoms with Gasteiger partial charge < -0.3 is 9.52 Å². The summed E-state index contributed by atoms with van der Waals surface area (Å²) in [6.07, 6.45) is 1.54. The topological polar surface area (TPSA) is 62.8 Å². The number of aryl methyl sites for hydroxylation is 1. The van der Waals surface area contributed by atoms with Gasteiger partial charge in [0.05, 0.1) is 11.3 Å². The lowest BCUT2D eigenvalue weighted by Gasteiger charge is -2.06. The van der Waals surface area contributed by atoms with Crippen LogP contribution in [-0.4, -0.2) is 11.3 Å². The minimum atomic E-state index is -0.451. The van der Waals surface area contributed by atoms with E-state index < -0.39 is 5.63 Å². The van der Waals surface area contributed by atoms with Gasteiger partial charge in [0.25, 0.3) is 0 Å². The highest BCUT2D eigenvalue weighted by atomic mass is 16.4. The van der Waals surface area contributed by atoms with E-state index in [1.807, 2.05) is 37.3 Å². The second kappa shape index (κ2) is 6.60. The molecule has 0 bridgehead atoms. The molecule has 0 aliphatic rings. The Morgan fingerprint density at radius 2 is 1.59 bits per heavy atom. The first-order valence-electron chi connectivity index (χ1n) is 9.31. The fourth-order valence-electron chi connectivity index (χ4n) is 3.67. The summed E-state index contributed by atoms with van der Waals surface area (Å²) in [5, 5.41) is 15.7. The number of aliphatic imine (C=N–C) groups is 1. The number of benzene rings is 4. The maximum Gasteiger partial charge on any atom is 0.336 e. The summed E-state index contributed by atoms with van der Waals surface area (Å²) in [5.74, 6) is 0.0155. The van der Waals surface area contributed by atoms with E-state index in [-0.39, 0.29) is 5.75 Å². The number of rotatable bonds is 2. The predicted octanol–water partition coefficient (Wildman–Crippen LogP) is 5.86. The Morgan fingerprint density at radius 1 is 0.862 bits per heavy atom. The lowest BCUT2D eigenvalue weighted by Crippen LogP contribution is -2.00. The monoisotopic (exact) mass is 379 g/mol. The van der Waals surface area contributed by atoms with Crippen molar-refractivity contribution < 1.29 is 9.52 Å². The number of aromatic hydroxyl groups is 1. The van der Waals surface area contributed by atoms with E-state index in [1.165, 1.54) is 16.8 Å². The molecule has 1 N–H and O–H groups in total. The number of phenolic OH excluding ortho intramolecular Hbond substituents is 1. The van der Waals surface area contributed by atoms with Gasteiger partial charge in [-0.3, -0.25) is 4.99 Å². The summed E-state index contributed by atoms with van der Waals surface area (Å²) in [6.45, 7) is 1.84. The third kappa shape index (κ3) is 3.05. The summed E-state index contributed by atoms with van der Waals surface area (Å²) in [4.78, 5) is 16.3. The van der Waals surface area contributed by atoms with E-state index >= 15 is 0 Å². The number of hydrogen-bond acceptors (Lipinski definition) is 4. The van der Waals surface area contributed by atoms with Gasteiger partial charge in [-0.05, 0) is 70.4 Å². The minimum Gasteiger partial charge on any atom is -0.507 e. The van der Waals surface area contributed by atoms with Crippen LogP contribution in [0.4, 0.5) is 5.69 Å². The maximum absolute atomic E-state index is 11.8. The fraction of sp³-hybridized carbons (Fsp3) is 0.0400. The van der Waals surface area contributed by atoms with E-state index in [9.17, 15) is 9.90 Å². The Bertz CT molecular complexity index is 1500. The highest BCUT2D eigenvalue weighted by molar-refractivity contribution is 6.02. The zero-order valence-electron chi connectivity index (χ0n) is 15.7. The number of fused-ring (bicyclic) bond motifs is 3. The van der Waals surface area contributed by atoms with Crippen molar-refractivity contribution in [3.8, 4) is 5.75 Å². The van der Waals surface area contributed by atoms with Crippen LogP contribution in [0.25, 0.3) is 32.5 Å². The largest absolute Gasteiger partial charge is 0.507 e. The average molecular weight is 379 g/mol. The van der Waals surface area contributed by atoms with Crippen molar-refractivity contribution in [1.29, 1.82) is 0 Å². The molecular weight excluding hydrogens is 362 g/mol. The van der Waals surface area contributed by atoms with Crippen molar-refractivity contribution >= 4 is 44.4 Å². The molecule has 0 spiro atoms. The van der Waals surface area contributed by atoms with Gasteiger partial charge >= 0.3 is 5.63 Å². The van der Waals surface area contributed by atoms with Crippen LogP contribution in [-0.2, 0) is 0 Å². The first-order chi connectivity index (χ1) is 14.1. The van der Waals surface area contributed by atoms with E-state index in [4.69, 9.17) is 4.42 Å². The Balaban J connectivity index is 1.63. The number of phenols is 1. The summed E-state index contributed by atoms with van der Waals surface area (Å²) in [5.41, 5.74) is 1.82. The molecule has 0 fully saturated rings. The lowest BCUT2D eigenvalue weighted by molar-refractivity contribution is 0.472. The highest BCUT2D eigenvalue weighted by Crippen LogP contribution is 2.29. The van der Waals surface area contributed by atoms with Gasteiger partial charge in [-0.15, -0.1) is 0 Å². The molecule has 5 aromatic rings. The van der Waals surface area contributed by atoms with Crippen molar-refractivity contribution in [2.45, 2.75) is 6.92 Å². The molecule has 5 rings (SSSR count). The maximum atomic E-state index is 11.8. The van der Waals surface area contributed by atoms with Gasteiger partial charge in [0.1, 0.15) is 5.75 Å². The minimum absolute atomic E-state index is 0.0155. The molecule has 0 saturated carbocycles. The third-order valence-electron chi connectivity index (χ3n) is 5.17. The molecule has 140 valence electrons. The molecule has 0 atom stereocenters. The smallest absolute Gasteiger partial charge is 0.336 e. The van der Waals surface area contributed by atoms with Crippen LogP contribution in [0.2, 0.25) is 0 Å². The van der Waals surface area contributed by atoms with Crippen molar-refractivity contribution in [2.24, 2.45) is 4.99 Å². The van der Waals surface area contributed by atoms with Crippen LogP contribution in [0.1, 0.15) is 11.1 Å². The summed E-state index contributed by atoms with van der Waals surface area (Å²) in [7, 11) is 0. The summed E-state index contributed by atoms with van der Waals surface area (Å²) in [6, 6.07) is 23.3. The van der Waals surface area contributed by atoms with E-state index in [1.54, 1.807) is 18.3 Å². The standard InChI is InChI=1S/C25H17NO3/c1-15-10-24(28)29-25-21(15)8-9-23(27)22(25)14-26-20-7-6-18-11-16-4-2-3-5-17(16)12-19(18)13-20/h2-14,27H,1H3. The zero-order chi connectivity index (χ0) is 20.0. The predicted molar refractivity (Wildman–Crippen MR) is 118 cm³/mol. The van der Waals surface area contributed by atoms with Crippen molar-refractivity contribution in [3.05, 3.63) is 94.3 Å². The molecule has 0 radical (unpaired) electrons. The molecule has 0 unspecified atom stereocenters. The molecule has 4 nitrogen and oxygen atoms in total. The molecule has 4 aromatic carbocycles. The Hall–Kier alpha value is -3.92. The molecule has 29 heavy (non-hydrogen) atoms. The van der Waals surface area contributed by atoms with Gasteiger partial charge in [-0.2, -0.15) is 0 Å². The van der Waals surface area contributed by atoms with E-state index in [0.717, 1.165) is 27.4 Å². The van der Waals surface area contributed by atoms with Gasteiger partial charge in [0.2, 0.25) is 0 Å². The van der Waals surface area contributed by atoms with Crippen LogP contribution in [0.5, 0.6) is 5.75 Å². The molecule has 0 amide bonds. The van der Waals surface area contributed by atoms with Crippen molar-refractivity contribution in [1.82, 2.24) is 0 Å². The van der Waals surface area contributed by atoms with Crippen molar-refractivity contribution in [2.75, 3.05) is 0 Å². The molecular formula is C25H17NO3. The van der Waals surface area contributed by atoms with Crippen LogP contribution in [0, 0.1) is 6.92 Å². The fourth-order valence-corrected chi connectivity index (χ4v) is 3.67. The third-order valence-corrected chi connectivity index (χ3v) is 5.17. The average Bonchev–Trinajstić information content (AvgIpc) is 2.71. The lowest BCUT2D eigenvalue weighted by atomic mass is 10.0. The number of nitrogens with zero attached hydrogens (tertiary/aromatic N) is 1. The zero-order valence-corrected chi connectivity index (χ0v) is 15.7. The van der Waals surface area contributed by atoms with Gasteiger partial charge in [-0.1, -0.05) is 30.3 Å². The highest BCUT2D eigenvalue weighted by Gasteiger charge is 2.10. The van der Waals surface area contributed by atoms with Crippen LogP contribution < -0.4 is 5.63 Å². The SMILES string of the molecule is Cc1cc(=O)oc2c(C=Nc3ccc4cc5ccccc5cc4c3)c(O)ccc12. The van der Waals surface area contributed by atoms with Crippen LogP contribution in [0.3, 0.4) is 0 Å². The van der Waals surface area contributed by atoms with Crippen LogP contribution in [0.15, 0.2) is 87.0 Å². The van der Waals surface area contributed by atoms with Crippen LogP contribution >= 0.6 is 0 Å². The van der Waals surface area contributed by atoms with Crippen molar-refractivity contribution in [3.63, 3.8) is 0 Å². The molecule has 0 saturated heterocycles. The second-order valence-electron chi connectivity index (χ2n) is 7.11. The van der Waals surface area contributed by atoms with Gasteiger partial charge in [0, 0.05) is 17.7 Å². The molecule has 0 aliphatic carbocycles. The van der Waals surface area contributed by atoms with Gasteiger partial charge in [0.15, 0.2) is 5.58 Å². The quantitative estimate of drug-likeness (QED) is 0.237.